The van der Waals surface area contributed by atoms with Crippen LogP contribution >= 0.6 is 0 Å². The van der Waals surface area contributed by atoms with Crippen molar-refractivity contribution >= 4 is 15.9 Å². The lowest BCUT2D eigenvalue weighted by Crippen LogP contribution is -2.41. The van der Waals surface area contributed by atoms with Crippen LogP contribution in [0.25, 0.3) is 0 Å². The number of amides is 1. The Morgan fingerprint density at radius 1 is 1.41 bits per heavy atom. The van der Waals surface area contributed by atoms with Crippen LogP contribution in [0, 0.1) is 0 Å². The highest BCUT2D eigenvalue weighted by Gasteiger charge is 2.25. The van der Waals surface area contributed by atoms with E-state index in [0.29, 0.717) is 13.1 Å². The summed E-state index contributed by atoms with van der Waals surface area (Å²) in [5, 5.41) is 2.84. The Labute approximate surface area is 104 Å². The maximum absolute atomic E-state index is 11.7. The second-order valence-corrected chi connectivity index (χ2v) is 6.64. The van der Waals surface area contributed by atoms with Gasteiger partial charge in [-0.2, -0.15) is 0 Å². The van der Waals surface area contributed by atoms with E-state index in [2.05, 4.69) is 5.32 Å². The van der Waals surface area contributed by atoms with Gasteiger partial charge in [-0.25, -0.2) is 12.7 Å². The molecule has 1 amide bonds. The van der Waals surface area contributed by atoms with E-state index >= 15 is 0 Å². The molecule has 0 aromatic heterocycles. The molecule has 1 unspecified atom stereocenters. The predicted octanol–water partition coefficient (Wildman–Crippen LogP) is 0.717. The smallest absolute Gasteiger partial charge is 0.221 e. The molecule has 1 saturated heterocycles. The average molecular weight is 262 g/mol. The van der Waals surface area contributed by atoms with Crippen LogP contribution in [0.3, 0.4) is 0 Å². The summed E-state index contributed by atoms with van der Waals surface area (Å²) in [4.78, 5) is 11.5. The Balaban J connectivity index is 2.37. The molecule has 0 bridgehead atoms. The average Bonchev–Trinajstić information content (AvgIpc) is 2.26. The molecule has 1 heterocycles. The number of rotatable bonds is 5. The lowest BCUT2D eigenvalue weighted by molar-refractivity contribution is -0.121. The van der Waals surface area contributed by atoms with Crippen molar-refractivity contribution in [3.63, 3.8) is 0 Å². The molecule has 0 aromatic rings. The van der Waals surface area contributed by atoms with Crippen molar-refractivity contribution in [2.24, 2.45) is 0 Å². The van der Waals surface area contributed by atoms with Gasteiger partial charge in [0.15, 0.2) is 0 Å². The van der Waals surface area contributed by atoms with Gasteiger partial charge in [0.1, 0.15) is 0 Å². The number of hydrogen-bond donors (Lipinski definition) is 1. The van der Waals surface area contributed by atoms with E-state index in [1.165, 1.54) is 4.31 Å². The van der Waals surface area contributed by atoms with E-state index in [1.54, 1.807) is 0 Å². The van der Waals surface area contributed by atoms with Crippen LogP contribution in [0.5, 0.6) is 0 Å². The Kier molecular flexibility index (Phi) is 5.39. The lowest BCUT2D eigenvalue weighted by atomic mass is 10.2. The standard InChI is InChI=1S/C11H22N2O3S/c1-3-10(2)12-11(14)6-8-13-7-4-5-9-17(13,15)16/h10H,3-9H2,1-2H3,(H,12,14). The maximum atomic E-state index is 11.7. The van der Waals surface area contributed by atoms with Gasteiger partial charge in [0.25, 0.3) is 0 Å². The Morgan fingerprint density at radius 3 is 2.71 bits per heavy atom. The minimum absolute atomic E-state index is 0.0693. The molecular formula is C11H22N2O3S. The largest absolute Gasteiger partial charge is 0.354 e. The Bertz CT molecular complexity index is 354. The number of nitrogens with zero attached hydrogens (tertiary/aromatic N) is 1. The van der Waals surface area contributed by atoms with Crippen molar-refractivity contribution in [1.82, 2.24) is 9.62 Å². The normalized spacial score (nSPS) is 22.0. The van der Waals surface area contributed by atoms with Crippen LogP contribution in [-0.2, 0) is 14.8 Å². The van der Waals surface area contributed by atoms with Crippen molar-refractivity contribution < 1.29 is 13.2 Å². The molecule has 1 aliphatic heterocycles. The summed E-state index contributed by atoms with van der Waals surface area (Å²) in [6.45, 7) is 4.80. The third kappa shape index (κ3) is 4.63. The first-order valence-electron chi connectivity index (χ1n) is 6.23. The van der Waals surface area contributed by atoms with E-state index in [9.17, 15) is 13.2 Å². The Hall–Kier alpha value is -0.620. The molecule has 6 heteroatoms. The molecule has 1 aliphatic rings. The number of carbonyl (C=O) groups excluding carboxylic acids is 1. The molecule has 1 N–H and O–H groups in total. The third-order valence-corrected chi connectivity index (χ3v) is 5.02. The topological polar surface area (TPSA) is 66.5 Å². The van der Waals surface area contributed by atoms with Crippen LogP contribution in [0.2, 0.25) is 0 Å². The second kappa shape index (κ2) is 6.35. The van der Waals surface area contributed by atoms with Crippen molar-refractivity contribution in [2.75, 3.05) is 18.8 Å². The van der Waals surface area contributed by atoms with Gasteiger partial charge in [-0.05, 0) is 26.2 Å². The molecule has 0 saturated carbocycles. The zero-order chi connectivity index (χ0) is 12.9. The van der Waals surface area contributed by atoms with Gasteiger partial charge in [-0.1, -0.05) is 6.92 Å². The van der Waals surface area contributed by atoms with Crippen molar-refractivity contribution in [3.8, 4) is 0 Å². The predicted molar refractivity (Wildman–Crippen MR) is 67.1 cm³/mol. The molecule has 0 aliphatic carbocycles. The summed E-state index contributed by atoms with van der Waals surface area (Å²) < 4.78 is 24.8. The molecule has 1 rings (SSSR count). The molecule has 0 spiro atoms. The van der Waals surface area contributed by atoms with Gasteiger partial charge in [-0.15, -0.1) is 0 Å². The number of sulfonamides is 1. The van der Waals surface area contributed by atoms with Crippen LogP contribution in [0.1, 0.15) is 39.5 Å². The summed E-state index contributed by atoms with van der Waals surface area (Å²) in [7, 11) is -3.10. The molecular weight excluding hydrogens is 240 g/mol. The van der Waals surface area contributed by atoms with Crippen molar-refractivity contribution in [3.05, 3.63) is 0 Å². The number of hydrogen-bond acceptors (Lipinski definition) is 3. The van der Waals surface area contributed by atoms with E-state index in [0.717, 1.165) is 19.3 Å². The summed E-state index contributed by atoms with van der Waals surface area (Å²) in [5.74, 6) is 0.153. The fraction of sp³-hybridized carbons (Fsp3) is 0.909. The summed E-state index contributed by atoms with van der Waals surface area (Å²) in [6, 6.07) is 0.153. The highest BCUT2D eigenvalue weighted by Crippen LogP contribution is 2.13. The first-order chi connectivity index (χ1) is 7.95. The summed E-state index contributed by atoms with van der Waals surface area (Å²) in [6.07, 6.45) is 2.77. The van der Waals surface area contributed by atoms with Gasteiger partial charge in [0.05, 0.1) is 5.75 Å². The fourth-order valence-electron chi connectivity index (χ4n) is 1.77. The van der Waals surface area contributed by atoms with Crippen molar-refractivity contribution in [1.29, 1.82) is 0 Å². The molecule has 17 heavy (non-hydrogen) atoms. The maximum Gasteiger partial charge on any atom is 0.221 e. The van der Waals surface area contributed by atoms with E-state index in [4.69, 9.17) is 0 Å². The lowest BCUT2D eigenvalue weighted by Gasteiger charge is -2.26. The summed E-state index contributed by atoms with van der Waals surface area (Å²) in [5.41, 5.74) is 0. The molecule has 1 fully saturated rings. The van der Waals surface area contributed by atoms with Gasteiger partial charge in [-0.3, -0.25) is 4.79 Å². The monoisotopic (exact) mass is 262 g/mol. The van der Waals surface area contributed by atoms with Crippen LogP contribution in [0.4, 0.5) is 0 Å². The minimum atomic E-state index is -3.10. The fourth-order valence-corrected chi connectivity index (χ4v) is 3.37. The van der Waals surface area contributed by atoms with E-state index < -0.39 is 10.0 Å². The quantitative estimate of drug-likeness (QED) is 0.794. The van der Waals surface area contributed by atoms with Gasteiger partial charge >= 0.3 is 0 Å². The van der Waals surface area contributed by atoms with Crippen molar-refractivity contribution in [2.45, 2.75) is 45.6 Å². The molecule has 100 valence electrons. The van der Waals surface area contributed by atoms with Gasteiger partial charge < -0.3 is 5.32 Å². The number of nitrogens with one attached hydrogen (secondary N) is 1. The minimum Gasteiger partial charge on any atom is -0.354 e. The molecule has 0 aromatic carbocycles. The highest BCUT2D eigenvalue weighted by atomic mass is 32.2. The Morgan fingerprint density at radius 2 is 2.12 bits per heavy atom. The number of carbonyl (C=O) groups is 1. The first kappa shape index (κ1) is 14.4. The van der Waals surface area contributed by atoms with Gasteiger partial charge in [0.2, 0.25) is 15.9 Å². The first-order valence-corrected chi connectivity index (χ1v) is 7.84. The second-order valence-electron chi connectivity index (χ2n) is 4.55. The highest BCUT2D eigenvalue weighted by molar-refractivity contribution is 7.89. The third-order valence-electron chi connectivity index (χ3n) is 3.06. The molecule has 1 atom stereocenters. The SMILES string of the molecule is CCC(C)NC(=O)CCN1CCCCS1(=O)=O. The zero-order valence-electron chi connectivity index (χ0n) is 10.6. The van der Waals surface area contributed by atoms with Crippen LogP contribution in [0.15, 0.2) is 0 Å². The molecule has 5 nitrogen and oxygen atoms in total. The van der Waals surface area contributed by atoms with E-state index in [-0.39, 0.29) is 24.1 Å². The zero-order valence-corrected chi connectivity index (χ0v) is 11.4. The van der Waals surface area contributed by atoms with Gasteiger partial charge in [0, 0.05) is 25.6 Å². The molecule has 0 radical (unpaired) electrons. The van der Waals surface area contributed by atoms with Crippen LogP contribution in [-0.4, -0.2) is 43.5 Å². The van der Waals surface area contributed by atoms with Crippen LogP contribution < -0.4 is 5.32 Å². The van der Waals surface area contributed by atoms with E-state index in [1.807, 2.05) is 13.8 Å². The summed E-state index contributed by atoms with van der Waals surface area (Å²) >= 11 is 0.